The minimum atomic E-state index is -0.110. The summed E-state index contributed by atoms with van der Waals surface area (Å²) in [6.45, 7) is 1.80. The zero-order chi connectivity index (χ0) is 13.0. The lowest BCUT2D eigenvalue weighted by Crippen LogP contribution is -2.10. The Morgan fingerprint density at radius 2 is 2.06 bits per heavy atom. The highest BCUT2D eigenvalue weighted by Gasteiger charge is 2.17. The van der Waals surface area contributed by atoms with E-state index in [0.29, 0.717) is 11.5 Å². The third-order valence-corrected chi connectivity index (χ3v) is 4.48. The number of aryl methyl sites for hydroxylation is 1. The van der Waals surface area contributed by atoms with Crippen molar-refractivity contribution in [2.75, 3.05) is 5.33 Å². The summed E-state index contributed by atoms with van der Waals surface area (Å²) in [6, 6.07) is 5.50. The lowest BCUT2D eigenvalue weighted by molar-refractivity contribution is 0.405. The SMILES string of the molecule is Cc1ccc(C=C(CBr)C2CCCCC2)cc1F. The Morgan fingerprint density at radius 1 is 1.33 bits per heavy atom. The van der Waals surface area contributed by atoms with E-state index in [1.54, 1.807) is 13.0 Å². The van der Waals surface area contributed by atoms with E-state index in [0.717, 1.165) is 10.9 Å². The molecule has 0 spiro atoms. The quantitative estimate of drug-likeness (QED) is 0.647. The van der Waals surface area contributed by atoms with Gasteiger partial charge < -0.3 is 0 Å². The van der Waals surface area contributed by atoms with Crippen LogP contribution in [0.4, 0.5) is 4.39 Å². The molecular formula is C16H20BrF. The molecular weight excluding hydrogens is 291 g/mol. The molecule has 0 atom stereocenters. The molecule has 1 aliphatic rings. The van der Waals surface area contributed by atoms with E-state index >= 15 is 0 Å². The molecule has 1 aromatic rings. The summed E-state index contributed by atoms with van der Waals surface area (Å²) < 4.78 is 13.5. The Labute approximate surface area is 117 Å². The van der Waals surface area contributed by atoms with Crippen LogP contribution in [0.2, 0.25) is 0 Å². The van der Waals surface area contributed by atoms with Gasteiger partial charge in [0, 0.05) is 5.33 Å². The van der Waals surface area contributed by atoms with Crippen molar-refractivity contribution < 1.29 is 4.39 Å². The maximum absolute atomic E-state index is 13.5. The van der Waals surface area contributed by atoms with E-state index in [1.165, 1.54) is 37.7 Å². The number of hydrogen-bond donors (Lipinski definition) is 0. The van der Waals surface area contributed by atoms with Crippen molar-refractivity contribution in [1.82, 2.24) is 0 Å². The van der Waals surface area contributed by atoms with E-state index < -0.39 is 0 Å². The predicted molar refractivity (Wildman–Crippen MR) is 79.5 cm³/mol. The minimum Gasteiger partial charge on any atom is -0.207 e. The van der Waals surface area contributed by atoms with Gasteiger partial charge in [-0.15, -0.1) is 0 Å². The highest BCUT2D eigenvalue weighted by molar-refractivity contribution is 9.09. The third-order valence-electron chi connectivity index (χ3n) is 3.83. The molecule has 0 unspecified atom stereocenters. The zero-order valence-corrected chi connectivity index (χ0v) is 12.5. The highest BCUT2D eigenvalue weighted by atomic mass is 79.9. The molecule has 2 rings (SSSR count). The first-order valence-corrected chi connectivity index (χ1v) is 7.85. The summed E-state index contributed by atoms with van der Waals surface area (Å²) in [4.78, 5) is 0. The van der Waals surface area contributed by atoms with Crippen LogP contribution in [0.5, 0.6) is 0 Å². The van der Waals surface area contributed by atoms with Gasteiger partial charge in [0.2, 0.25) is 0 Å². The molecule has 0 nitrogen and oxygen atoms in total. The summed E-state index contributed by atoms with van der Waals surface area (Å²) >= 11 is 3.58. The van der Waals surface area contributed by atoms with E-state index in [2.05, 4.69) is 22.0 Å². The summed E-state index contributed by atoms with van der Waals surface area (Å²) in [5.41, 5.74) is 3.11. The van der Waals surface area contributed by atoms with Gasteiger partial charge in [-0.3, -0.25) is 0 Å². The van der Waals surface area contributed by atoms with Gasteiger partial charge in [-0.2, -0.15) is 0 Å². The number of allylic oxidation sites excluding steroid dienone is 1. The van der Waals surface area contributed by atoms with Crippen LogP contribution in [0, 0.1) is 18.7 Å². The van der Waals surface area contributed by atoms with Crippen molar-refractivity contribution in [2.24, 2.45) is 5.92 Å². The predicted octanol–water partition coefficient (Wildman–Crippen LogP) is 5.49. The molecule has 1 aliphatic carbocycles. The van der Waals surface area contributed by atoms with Gasteiger partial charge in [-0.05, 0) is 42.9 Å². The molecule has 0 heterocycles. The number of rotatable bonds is 3. The molecule has 98 valence electrons. The van der Waals surface area contributed by atoms with Crippen LogP contribution in [-0.4, -0.2) is 5.33 Å². The Balaban J connectivity index is 2.19. The smallest absolute Gasteiger partial charge is 0.126 e. The van der Waals surface area contributed by atoms with Gasteiger partial charge >= 0.3 is 0 Å². The fraction of sp³-hybridized carbons (Fsp3) is 0.500. The van der Waals surface area contributed by atoms with Gasteiger partial charge in [0.15, 0.2) is 0 Å². The maximum atomic E-state index is 13.5. The third kappa shape index (κ3) is 3.44. The molecule has 0 N–H and O–H groups in total. The topological polar surface area (TPSA) is 0 Å². The summed E-state index contributed by atoms with van der Waals surface area (Å²) in [5.74, 6) is 0.573. The van der Waals surface area contributed by atoms with Crippen molar-refractivity contribution in [3.63, 3.8) is 0 Å². The second-order valence-electron chi connectivity index (χ2n) is 5.20. The molecule has 0 bridgehead atoms. The largest absolute Gasteiger partial charge is 0.207 e. The Hall–Kier alpha value is -0.630. The van der Waals surface area contributed by atoms with Gasteiger partial charge in [-0.25, -0.2) is 4.39 Å². The fourth-order valence-corrected chi connectivity index (χ4v) is 3.27. The van der Waals surface area contributed by atoms with Crippen LogP contribution < -0.4 is 0 Å². The number of benzene rings is 1. The van der Waals surface area contributed by atoms with Gasteiger partial charge in [0.1, 0.15) is 5.82 Å². The zero-order valence-electron chi connectivity index (χ0n) is 10.9. The second kappa shape index (κ2) is 6.51. The van der Waals surface area contributed by atoms with Gasteiger partial charge in [0.25, 0.3) is 0 Å². The maximum Gasteiger partial charge on any atom is 0.126 e. The first-order chi connectivity index (χ1) is 8.70. The standard InChI is InChI=1S/C16H20BrF/c1-12-7-8-13(10-16(12)18)9-15(11-17)14-5-3-2-4-6-14/h7-10,14H,2-6,11H2,1H3. The average molecular weight is 311 g/mol. The van der Waals surface area contributed by atoms with E-state index in [-0.39, 0.29) is 5.82 Å². The van der Waals surface area contributed by atoms with E-state index in [1.807, 2.05) is 12.1 Å². The summed E-state index contributed by atoms with van der Waals surface area (Å²) in [6.07, 6.45) is 8.75. The molecule has 1 saturated carbocycles. The van der Waals surface area contributed by atoms with Gasteiger partial charge in [-0.1, -0.05) is 59.0 Å². The van der Waals surface area contributed by atoms with Gasteiger partial charge in [0.05, 0.1) is 0 Å². The van der Waals surface area contributed by atoms with Crippen molar-refractivity contribution >= 4 is 22.0 Å². The lowest BCUT2D eigenvalue weighted by Gasteiger charge is -2.23. The van der Waals surface area contributed by atoms with Crippen molar-refractivity contribution in [1.29, 1.82) is 0 Å². The summed E-state index contributed by atoms with van der Waals surface area (Å²) in [5, 5.41) is 0.896. The Bertz CT molecular complexity index is 431. The summed E-state index contributed by atoms with van der Waals surface area (Å²) in [7, 11) is 0. The fourth-order valence-electron chi connectivity index (χ4n) is 2.65. The van der Waals surface area contributed by atoms with E-state index in [4.69, 9.17) is 0 Å². The molecule has 18 heavy (non-hydrogen) atoms. The first-order valence-electron chi connectivity index (χ1n) is 6.73. The first kappa shape index (κ1) is 13.8. The number of alkyl halides is 1. The highest BCUT2D eigenvalue weighted by Crippen LogP contribution is 2.31. The van der Waals surface area contributed by atoms with Crippen LogP contribution in [0.1, 0.15) is 43.2 Å². The van der Waals surface area contributed by atoms with Crippen LogP contribution >= 0.6 is 15.9 Å². The molecule has 0 aliphatic heterocycles. The monoisotopic (exact) mass is 310 g/mol. The van der Waals surface area contributed by atoms with Crippen LogP contribution in [0.25, 0.3) is 6.08 Å². The van der Waals surface area contributed by atoms with Crippen molar-refractivity contribution in [2.45, 2.75) is 39.0 Å². The van der Waals surface area contributed by atoms with Crippen molar-refractivity contribution in [3.05, 3.63) is 40.7 Å². The number of hydrogen-bond acceptors (Lipinski definition) is 0. The molecule has 1 aromatic carbocycles. The van der Waals surface area contributed by atoms with Crippen LogP contribution in [-0.2, 0) is 0 Å². The van der Waals surface area contributed by atoms with Crippen LogP contribution in [0.3, 0.4) is 0 Å². The lowest BCUT2D eigenvalue weighted by atomic mass is 9.84. The molecule has 1 fully saturated rings. The number of halogens is 2. The molecule has 0 saturated heterocycles. The minimum absolute atomic E-state index is 0.110. The molecule has 2 heteroatoms. The van der Waals surface area contributed by atoms with Crippen molar-refractivity contribution in [3.8, 4) is 0 Å². The second-order valence-corrected chi connectivity index (χ2v) is 5.76. The van der Waals surface area contributed by atoms with Crippen LogP contribution in [0.15, 0.2) is 23.8 Å². The average Bonchev–Trinajstić information content (AvgIpc) is 2.41. The van der Waals surface area contributed by atoms with E-state index in [9.17, 15) is 4.39 Å². The molecule has 0 amide bonds. The normalized spacial score (nSPS) is 18.1. The molecule has 0 radical (unpaired) electrons. The molecule has 0 aromatic heterocycles. The Morgan fingerprint density at radius 3 is 2.67 bits per heavy atom. The Kier molecular flexibility index (Phi) is 4.99.